The van der Waals surface area contributed by atoms with Gasteiger partial charge in [0, 0.05) is 6.54 Å². The molecule has 0 bridgehead atoms. The van der Waals surface area contributed by atoms with Crippen LogP contribution in [-0.2, 0) is 10.0 Å². The molecule has 1 N–H and O–H groups in total. The molecule has 4 nitrogen and oxygen atoms in total. The van der Waals surface area contributed by atoms with Crippen molar-refractivity contribution < 1.29 is 8.42 Å². The van der Waals surface area contributed by atoms with Gasteiger partial charge in [0.2, 0.25) is 10.0 Å². The summed E-state index contributed by atoms with van der Waals surface area (Å²) in [6.07, 6.45) is 3.49. The molecule has 5 heteroatoms. The SMILES string of the molecule is CCS(=O)(=O)NC/C=C/c1cccc(C#N)c1. The molecule has 17 heavy (non-hydrogen) atoms. The monoisotopic (exact) mass is 250 g/mol. The van der Waals surface area contributed by atoms with Crippen LogP contribution in [0.5, 0.6) is 0 Å². The normalized spacial score (nSPS) is 11.5. The van der Waals surface area contributed by atoms with Crippen molar-refractivity contribution in [2.75, 3.05) is 12.3 Å². The molecule has 1 aromatic carbocycles. The van der Waals surface area contributed by atoms with E-state index in [1.807, 2.05) is 12.1 Å². The molecule has 0 fully saturated rings. The highest BCUT2D eigenvalue weighted by Crippen LogP contribution is 2.05. The summed E-state index contributed by atoms with van der Waals surface area (Å²) in [6, 6.07) is 9.15. The van der Waals surface area contributed by atoms with E-state index in [1.165, 1.54) is 0 Å². The first kappa shape index (κ1) is 13.4. The zero-order chi connectivity index (χ0) is 12.7. The smallest absolute Gasteiger partial charge is 0.211 e. The summed E-state index contributed by atoms with van der Waals surface area (Å²) in [4.78, 5) is 0. The number of nitriles is 1. The lowest BCUT2D eigenvalue weighted by molar-refractivity contribution is 0.587. The first-order valence-electron chi connectivity index (χ1n) is 5.21. The molecule has 0 aliphatic heterocycles. The van der Waals surface area contributed by atoms with E-state index in [-0.39, 0.29) is 12.3 Å². The maximum atomic E-state index is 11.1. The van der Waals surface area contributed by atoms with E-state index in [4.69, 9.17) is 5.26 Å². The van der Waals surface area contributed by atoms with Crippen molar-refractivity contribution in [2.45, 2.75) is 6.92 Å². The summed E-state index contributed by atoms with van der Waals surface area (Å²) < 4.78 is 24.7. The molecular weight excluding hydrogens is 236 g/mol. The van der Waals surface area contributed by atoms with Gasteiger partial charge in [0.15, 0.2) is 0 Å². The van der Waals surface area contributed by atoms with Crippen LogP contribution in [0.25, 0.3) is 6.08 Å². The van der Waals surface area contributed by atoms with Gasteiger partial charge in [-0.1, -0.05) is 24.3 Å². The Labute approximate surface area is 102 Å². The number of nitrogens with one attached hydrogen (secondary N) is 1. The van der Waals surface area contributed by atoms with E-state index in [0.29, 0.717) is 5.56 Å². The first-order valence-corrected chi connectivity index (χ1v) is 6.86. The predicted molar refractivity (Wildman–Crippen MR) is 67.7 cm³/mol. The largest absolute Gasteiger partial charge is 0.212 e. The Morgan fingerprint density at radius 2 is 2.24 bits per heavy atom. The maximum Gasteiger partial charge on any atom is 0.211 e. The summed E-state index contributed by atoms with van der Waals surface area (Å²) in [5.74, 6) is 0.0742. The predicted octanol–water partition coefficient (Wildman–Crippen LogP) is 1.51. The van der Waals surface area contributed by atoms with Crippen molar-refractivity contribution in [3.63, 3.8) is 0 Å². The summed E-state index contributed by atoms with van der Waals surface area (Å²) in [7, 11) is -3.14. The number of hydrogen-bond acceptors (Lipinski definition) is 3. The summed E-state index contributed by atoms with van der Waals surface area (Å²) >= 11 is 0. The Morgan fingerprint density at radius 3 is 2.88 bits per heavy atom. The van der Waals surface area contributed by atoms with Crippen LogP contribution in [0.3, 0.4) is 0 Å². The maximum absolute atomic E-state index is 11.1. The van der Waals surface area contributed by atoms with Crippen molar-refractivity contribution >= 4 is 16.1 Å². The highest BCUT2D eigenvalue weighted by atomic mass is 32.2. The van der Waals surface area contributed by atoms with Gasteiger partial charge >= 0.3 is 0 Å². The van der Waals surface area contributed by atoms with Gasteiger partial charge in [-0.3, -0.25) is 0 Å². The molecule has 0 aliphatic rings. The number of hydrogen-bond donors (Lipinski definition) is 1. The first-order chi connectivity index (χ1) is 8.07. The molecule has 0 radical (unpaired) electrons. The third-order valence-electron chi connectivity index (χ3n) is 2.13. The molecule has 1 rings (SSSR count). The molecule has 1 aromatic rings. The van der Waals surface area contributed by atoms with Crippen LogP contribution < -0.4 is 4.72 Å². The van der Waals surface area contributed by atoms with Crippen LogP contribution in [0.15, 0.2) is 30.3 Å². The molecule has 0 amide bonds. The summed E-state index contributed by atoms with van der Waals surface area (Å²) in [5, 5.41) is 8.71. The average Bonchev–Trinajstić information content (AvgIpc) is 2.35. The quantitative estimate of drug-likeness (QED) is 0.861. The second kappa shape index (κ2) is 6.18. The van der Waals surface area contributed by atoms with Gasteiger partial charge in [-0.25, -0.2) is 13.1 Å². The van der Waals surface area contributed by atoms with Crippen molar-refractivity contribution in [1.29, 1.82) is 5.26 Å². The lowest BCUT2D eigenvalue weighted by Gasteiger charge is -1.99. The van der Waals surface area contributed by atoms with E-state index in [9.17, 15) is 8.42 Å². The molecule has 0 aromatic heterocycles. The number of sulfonamides is 1. The number of benzene rings is 1. The standard InChI is InChI=1S/C12H14N2O2S/c1-2-17(15,16)14-8-4-7-11-5-3-6-12(9-11)10-13/h3-7,9,14H,2,8H2,1H3/b7-4+. The lowest BCUT2D eigenvalue weighted by Crippen LogP contribution is -2.25. The molecule has 90 valence electrons. The van der Waals surface area contributed by atoms with Crippen LogP contribution in [0.1, 0.15) is 18.1 Å². The molecule has 0 aliphatic carbocycles. The van der Waals surface area contributed by atoms with Gasteiger partial charge < -0.3 is 0 Å². The van der Waals surface area contributed by atoms with Gasteiger partial charge in [0.05, 0.1) is 17.4 Å². The van der Waals surface area contributed by atoms with E-state index >= 15 is 0 Å². The molecule has 0 heterocycles. The Kier molecular flexibility index (Phi) is 4.88. The zero-order valence-electron chi connectivity index (χ0n) is 9.55. The van der Waals surface area contributed by atoms with Crippen LogP contribution >= 0.6 is 0 Å². The Balaban J connectivity index is 2.57. The molecule has 0 atom stereocenters. The van der Waals surface area contributed by atoms with E-state index in [2.05, 4.69) is 4.72 Å². The van der Waals surface area contributed by atoms with Gasteiger partial charge in [-0.05, 0) is 24.6 Å². The average molecular weight is 250 g/mol. The fourth-order valence-electron chi connectivity index (χ4n) is 1.18. The lowest BCUT2D eigenvalue weighted by atomic mass is 10.1. The van der Waals surface area contributed by atoms with Crippen molar-refractivity contribution in [3.8, 4) is 6.07 Å². The summed E-state index contributed by atoms with van der Waals surface area (Å²) in [5.41, 5.74) is 1.46. The van der Waals surface area contributed by atoms with Crippen LogP contribution in [0.4, 0.5) is 0 Å². The van der Waals surface area contributed by atoms with Crippen molar-refractivity contribution in [1.82, 2.24) is 4.72 Å². The molecule has 0 unspecified atom stereocenters. The topological polar surface area (TPSA) is 70.0 Å². The molecule has 0 saturated heterocycles. The van der Waals surface area contributed by atoms with Crippen LogP contribution in [0.2, 0.25) is 0 Å². The Morgan fingerprint density at radius 1 is 1.47 bits per heavy atom. The van der Waals surface area contributed by atoms with Crippen molar-refractivity contribution in [2.24, 2.45) is 0 Å². The fourth-order valence-corrected chi connectivity index (χ4v) is 1.74. The van der Waals surface area contributed by atoms with Crippen LogP contribution in [-0.4, -0.2) is 20.7 Å². The van der Waals surface area contributed by atoms with Gasteiger partial charge in [0.25, 0.3) is 0 Å². The van der Waals surface area contributed by atoms with E-state index in [1.54, 1.807) is 37.3 Å². The van der Waals surface area contributed by atoms with Crippen LogP contribution in [0, 0.1) is 11.3 Å². The molecule has 0 spiro atoms. The second-order valence-electron chi connectivity index (χ2n) is 3.39. The Hall–Kier alpha value is -1.64. The minimum absolute atomic E-state index is 0.0742. The zero-order valence-corrected chi connectivity index (χ0v) is 10.4. The number of nitrogens with zero attached hydrogens (tertiary/aromatic N) is 1. The minimum atomic E-state index is -3.14. The fraction of sp³-hybridized carbons (Fsp3) is 0.250. The number of rotatable bonds is 5. The molecule has 0 saturated carbocycles. The highest BCUT2D eigenvalue weighted by molar-refractivity contribution is 7.89. The summed E-state index contributed by atoms with van der Waals surface area (Å²) in [6.45, 7) is 1.84. The van der Waals surface area contributed by atoms with Crippen molar-refractivity contribution in [3.05, 3.63) is 41.5 Å². The third kappa shape index (κ3) is 4.81. The molecular formula is C12H14N2O2S. The highest BCUT2D eigenvalue weighted by Gasteiger charge is 2.02. The van der Waals surface area contributed by atoms with Gasteiger partial charge in [0.1, 0.15) is 0 Å². The Bertz CT molecular complexity index is 542. The van der Waals surface area contributed by atoms with E-state index in [0.717, 1.165) is 5.56 Å². The second-order valence-corrected chi connectivity index (χ2v) is 5.49. The third-order valence-corrected chi connectivity index (χ3v) is 3.49. The van der Waals surface area contributed by atoms with Gasteiger partial charge in [-0.15, -0.1) is 0 Å². The van der Waals surface area contributed by atoms with Gasteiger partial charge in [-0.2, -0.15) is 5.26 Å². The minimum Gasteiger partial charge on any atom is -0.212 e. The van der Waals surface area contributed by atoms with E-state index < -0.39 is 10.0 Å².